The van der Waals surface area contributed by atoms with Crippen molar-refractivity contribution in [1.29, 1.82) is 0 Å². The molecule has 0 spiro atoms. The van der Waals surface area contributed by atoms with E-state index in [4.69, 9.17) is 16.3 Å². The molecule has 2 aromatic heterocycles. The van der Waals surface area contributed by atoms with Crippen molar-refractivity contribution in [2.24, 2.45) is 0 Å². The molecule has 0 saturated heterocycles. The standard InChI is InChI=1S/C22H18ClN3O2S/c1-29-18-8-9-20(23)19(12-18)22(27)25-15-5-4-6-17(11-15)28-14-16-13-26-10-3-2-7-21(26)24-16/h2-13H,14H2,1H3,(H,25,27). The highest BCUT2D eigenvalue weighted by atomic mass is 35.5. The zero-order valence-electron chi connectivity index (χ0n) is 15.6. The molecule has 0 atom stereocenters. The summed E-state index contributed by atoms with van der Waals surface area (Å²) in [4.78, 5) is 18.1. The Morgan fingerprint density at radius 2 is 2.07 bits per heavy atom. The summed E-state index contributed by atoms with van der Waals surface area (Å²) in [6.07, 6.45) is 5.83. The Kier molecular flexibility index (Phi) is 5.74. The van der Waals surface area contributed by atoms with Crippen LogP contribution in [0.3, 0.4) is 0 Å². The van der Waals surface area contributed by atoms with E-state index in [9.17, 15) is 4.79 Å². The third-order valence-electron chi connectivity index (χ3n) is 4.31. The second-order valence-corrected chi connectivity index (χ2v) is 7.60. The molecule has 0 aliphatic heterocycles. The van der Waals surface area contributed by atoms with Crippen LogP contribution < -0.4 is 10.1 Å². The van der Waals surface area contributed by atoms with Gasteiger partial charge >= 0.3 is 0 Å². The highest BCUT2D eigenvalue weighted by Gasteiger charge is 2.12. The summed E-state index contributed by atoms with van der Waals surface area (Å²) >= 11 is 7.75. The number of hydrogen-bond donors (Lipinski definition) is 1. The van der Waals surface area contributed by atoms with Gasteiger partial charge in [0, 0.05) is 29.0 Å². The van der Waals surface area contributed by atoms with Crippen molar-refractivity contribution < 1.29 is 9.53 Å². The predicted molar refractivity (Wildman–Crippen MR) is 117 cm³/mol. The molecule has 0 saturated carbocycles. The van der Waals surface area contributed by atoms with E-state index < -0.39 is 0 Å². The van der Waals surface area contributed by atoms with E-state index in [0.29, 0.717) is 28.6 Å². The van der Waals surface area contributed by atoms with E-state index in [1.165, 1.54) is 0 Å². The molecule has 1 N–H and O–H groups in total. The summed E-state index contributed by atoms with van der Waals surface area (Å²) in [5.74, 6) is 0.382. The van der Waals surface area contributed by atoms with Gasteiger partial charge in [-0.05, 0) is 48.7 Å². The topological polar surface area (TPSA) is 55.6 Å². The summed E-state index contributed by atoms with van der Waals surface area (Å²) in [6.45, 7) is 0.334. The average molecular weight is 424 g/mol. The summed E-state index contributed by atoms with van der Waals surface area (Å²) in [5.41, 5.74) is 2.77. The number of fused-ring (bicyclic) bond motifs is 1. The normalized spacial score (nSPS) is 10.8. The SMILES string of the molecule is CSc1ccc(Cl)c(C(=O)Nc2cccc(OCc3cn4ccccc4n3)c2)c1. The van der Waals surface area contributed by atoms with Crippen LogP contribution in [0.25, 0.3) is 5.65 Å². The van der Waals surface area contributed by atoms with Crippen molar-refractivity contribution in [2.75, 3.05) is 11.6 Å². The lowest BCUT2D eigenvalue weighted by Crippen LogP contribution is -2.12. The fraction of sp³-hybridized carbons (Fsp3) is 0.0909. The fourth-order valence-electron chi connectivity index (χ4n) is 2.88. The first-order valence-electron chi connectivity index (χ1n) is 8.93. The lowest BCUT2D eigenvalue weighted by Gasteiger charge is -2.10. The van der Waals surface area contributed by atoms with Crippen LogP contribution in [0.2, 0.25) is 5.02 Å². The van der Waals surface area contributed by atoms with E-state index in [2.05, 4.69) is 10.3 Å². The van der Waals surface area contributed by atoms with Gasteiger partial charge in [-0.25, -0.2) is 4.98 Å². The van der Waals surface area contributed by atoms with Gasteiger partial charge in [0.25, 0.3) is 5.91 Å². The molecule has 0 fully saturated rings. The van der Waals surface area contributed by atoms with Crippen LogP contribution in [-0.4, -0.2) is 21.5 Å². The minimum atomic E-state index is -0.261. The molecule has 0 radical (unpaired) electrons. The van der Waals surface area contributed by atoms with Crippen molar-refractivity contribution in [2.45, 2.75) is 11.5 Å². The number of carbonyl (C=O) groups is 1. The van der Waals surface area contributed by atoms with Crippen LogP contribution in [-0.2, 0) is 6.61 Å². The number of pyridine rings is 1. The van der Waals surface area contributed by atoms with Crippen molar-refractivity contribution in [1.82, 2.24) is 9.38 Å². The van der Waals surface area contributed by atoms with Gasteiger partial charge < -0.3 is 14.5 Å². The minimum absolute atomic E-state index is 0.261. The number of nitrogens with zero attached hydrogens (tertiary/aromatic N) is 2. The minimum Gasteiger partial charge on any atom is -0.487 e. The van der Waals surface area contributed by atoms with Gasteiger partial charge in [0.1, 0.15) is 18.0 Å². The monoisotopic (exact) mass is 423 g/mol. The first-order valence-corrected chi connectivity index (χ1v) is 10.5. The number of rotatable bonds is 6. The second kappa shape index (κ2) is 8.59. The number of ether oxygens (including phenoxy) is 1. The van der Waals surface area contributed by atoms with Crippen molar-refractivity contribution in [3.05, 3.63) is 89.3 Å². The lowest BCUT2D eigenvalue weighted by atomic mass is 10.2. The van der Waals surface area contributed by atoms with Gasteiger partial charge in [-0.1, -0.05) is 23.7 Å². The Labute approximate surface area is 177 Å². The number of anilines is 1. The number of nitrogens with one attached hydrogen (secondary N) is 1. The molecule has 0 aliphatic carbocycles. The summed E-state index contributed by atoms with van der Waals surface area (Å²) in [6, 6.07) is 18.5. The molecule has 2 heterocycles. The smallest absolute Gasteiger partial charge is 0.257 e. The molecule has 2 aromatic carbocycles. The molecule has 7 heteroatoms. The van der Waals surface area contributed by atoms with E-state index >= 15 is 0 Å². The quantitative estimate of drug-likeness (QED) is 0.413. The van der Waals surface area contributed by atoms with Gasteiger partial charge in [0.05, 0.1) is 16.3 Å². The maximum absolute atomic E-state index is 12.6. The molecule has 4 rings (SSSR count). The molecule has 0 bridgehead atoms. The van der Waals surface area contributed by atoms with Crippen LogP contribution in [0, 0.1) is 0 Å². The van der Waals surface area contributed by atoms with Gasteiger partial charge in [0.15, 0.2) is 0 Å². The molecule has 146 valence electrons. The fourth-order valence-corrected chi connectivity index (χ4v) is 3.52. The van der Waals surface area contributed by atoms with Crippen molar-refractivity contribution in [3.63, 3.8) is 0 Å². The Balaban J connectivity index is 1.45. The second-order valence-electron chi connectivity index (χ2n) is 6.31. The molecular weight excluding hydrogens is 406 g/mol. The van der Waals surface area contributed by atoms with Crippen LogP contribution in [0.4, 0.5) is 5.69 Å². The highest BCUT2D eigenvalue weighted by molar-refractivity contribution is 7.98. The Morgan fingerprint density at radius 3 is 2.90 bits per heavy atom. The van der Waals surface area contributed by atoms with Crippen LogP contribution in [0.5, 0.6) is 5.75 Å². The third kappa shape index (κ3) is 4.55. The first kappa shape index (κ1) is 19.4. The molecule has 1 amide bonds. The molecule has 4 aromatic rings. The number of carbonyl (C=O) groups excluding carboxylic acids is 1. The molecule has 29 heavy (non-hydrogen) atoms. The van der Waals surface area contributed by atoms with E-state index in [1.807, 2.05) is 65.5 Å². The summed E-state index contributed by atoms with van der Waals surface area (Å²) < 4.78 is 7.80. The number of amides is 1. The molecule has 5 nitrogen and oxygen atoms in total. The highest BCUT2D eigenvalue weighted by Crippen LogP contribution is 2.25. The lowest BCUT2D eigenvalue weighted by molar-refractivity contribution is 0.102. The average Bonchev–Trinajstić information content (AvgIpc) is 3.16. The van der Waals surface area contributed by atoms with Crippen LogP contribution in [0.1, 0.15) is 16.1 Å². The van der Waals surface area contributed by atoms with Crippen molar-refractivity contribution in [3.8, 4) is 5.75 Å². The summed E-state index contributed by atoms with van der Waals surface area (Å²) in [5, 5.41) is 3.29. The third-order valence-corrected chi connectivity index (χ3v) is 5.37. The maximum Gasteiger partial charge on any atom is 0.257 e. The summed E-state index contributed by atoms with van der Waals surface area (Å²) in [7, 11) is 0. The van der Waals surface area contributed by atoms with E-state index in [-0.39, 0.29) is 5.91 Å². The number of thioether (sulfide) groups is 1. The molecule has 0 unspecified atom stereocenters. The van der Waals surface area contributed by atoms with Gasteiger partial charge in [0.2, 0.25) is 0 Å². The largest absolute Gasteiger partial charge is 0.487 e. The number of benzene rings is 2. The molecular formula is C22H18ClN3O2S. The van der Waals surface area contributed by atoms with Gasteiger partial charge in [-0.3, -0.25) is 4.79 Å². The van der Waals surface area contributed by atoms with Crippen LogP contribution in [0.15, 0.2) is 78.0 Å². The van der Waals surface area contributed by atoms with Crippen LogP contribution >= 0.6 is 23.4 Å². The van der Waals surface area contributed by atoms with E-state index in [1.54, 1.807) is 30.0 Å². The van der Waals surface area contributed by atoms with Crippen molar-refractivity contribution >= 4 is 40.6 Å². The zero-order chi connectivity index (χ0) is 20.2. The maximum atomic E-state index is 12.6. The Morgan fingerprint density at radius 1 is 1.17 bits per heavy atom. The molecule has 0 aliphatic rings. The first-order chi connectivity index (χ1) is 14.1. The van der Waals surface area contributed by atoms with Gasteiger partial charge in [-0.15, -0.1) is 11.8 Å². The predicted octanol–water partition coefficient (Wildman–Crippen LogP) is 5.54. The number of aromatic nitrogens is 2. The zero-order valence-corrected chi connectivity index (χ0v) is 17.2. The number of imidazole rings is 1. The Hall–Kier alpha value is -2.96. The van der Waals surface area contributed by atoms with Gasteiger partial charge in [-0.2, -0.15) is 0 Å². The number of halogens is 1. The van der Waals surface area contributed by atoms with E-state index in [0.717, 1.165) is 16.2 Å². The Bertz CT molecular complexity index is 1140. The number of hydrogen-bond acceptors (Lipinski definition) is 4.